The Morgan fingerprint density at radius 1 is 0.410 bits per heavy atom. The van der Waals surface area contributed by atoms with Crippen LogP contribution in [-0.4, -0.2) is 24.0 Å². The van der Waals surface area contributed by atoms with E-state index < -0.39 is 37.9 Å². The van der Waals surface area contributed by atoms with E-state index in [9.17, 15) is 9.79 Å². The molecule has 0 atom stereocenters. The van der Waals surface area contributed by atoms with Crippen LogP contribution in [0.25, 0.3) is 32.7 Å². The molecule has 1 aliphatic heterocycles. The summed E-state index contributed by atoms with van der Waals surface area (Å²) in [6, 6.07) is 75.2. The zero-order chi connectivity index (χ0) is 54.5. The van der Waals surface area contributed by atoms with Crippen LogP contribution >= 0.6 is 15.9 Å². The molecule has 0 aliphatic carbocycles. The molecule has 10 aromatic carbocycles. The van der Waals surface area contributed by atoms with E-state index in [-0.39, 0.29) is 16.4 Å². The summed E-state index contributed by atoms with van der Waals surface area (Å²) in [6.07, 6.45) is 0. The van der Waals surface area contributed by atoms with Crippen molar-refractivity contribution >= 4 is 48.0 Å². The third-order valence-corrected chi connectivity index (χ3v) is 19.2. The number of hydrogen-bond acceptors (Lipinski definition) is 8. The Balaban J connectivity index is 1.22. The maximum absolute atomic E-state index is 14.3. The van der Waals surface area contributed by atoms with E-state index in [0.717, 1.165) is 38.6 Å². The van der Waals surface area contributed by atoms with Crippen LogP contribution in [0.5, 0.6) is 23.0 Å². The van der Waals surface area contributed by atoms with Crippen molar-refractivity contribution in [2.75, 3.05) is 14.2 Å². The van der Waals surface area contributed by atoms with Crippen LogP contribution in [0.4, 0.5) is 0 Å². The van der Waals surface area contributed by atoms with Crippen molar-refractivity contribution < 1.29 is 37.4 Å². The molecule has 10 aromatic rings. The normalized spacial score (nSPS) is 15.1. The van der Waals surface area contributed by atoms with Crippen LogP contribution in [0.3, 0.4) is 0 Å². The molecule has 0 saturated carbocycles. The Hall–Kier alpha value is -7.38. The third kappa shape index (κ3) is 8.91. The maximum atomic E-state index is 14.3. The number of ether oxygens (including phenoxy) is 2. The fourth-order valence-corrected chi connectivity index (χ4v) is 15.8. The number of rotatable bonds is 13. The fraction of sp³-hybridized carbons (Fsp3) is 0.176. The molecule has 2 N–H and O–H groups in total. The van der Waals surface area contributed by atoms with Crippen LogP contribution < -0.4 is 29.1 Å². The first-order valence-electron chi connectivity index (χ1n) is 26.2. The molecule has 0 bridgehead atoms. The Labute approximate surface area is 459 Å². The molecule has 0 unspecified atom stereocenters. The van der Waals surface area contributed by atoms with E-state index in [0.29, 0.717) is 44.7 Å². The Bertz CT molecular complexity index is 3540. The van der Waals surface area contributed by atoms with Crippen molar-refractivity contribution in [3.05, 3.63) is 264 Å². The Kier molecular flexibility index (Phi) is 13.6. The van der Waals surface area contributed by atoms with Crippen LogP contribution in [0.2, 0.25) is 0 Å². The summed E-state index contributed by atoms with van der Waals surface area (Å²) in [5.74, 6) is 1.69. The van der Waals surface area contributed by atoms with Gasteiger partial charge in [0.15, 0.2) is 0 Å². The first kappa shape index (κ1) is 52.7. The second-order valence-corrected chi connectivity index (χ2v) is 26.0. The molecule has 1 saturated heterocycles. The Morgan fingerprint density at radius 2 is 0.744 bits per heavy atom. The number of benzene rings is 10. The van der Waals surface area contributed by atoms with Gasteiger partial charge in [0, 0.05) is 0 Å². The first-order chi connectivity index (χ1) is 37.5. The molecule has 11 rings (SSSR count). The summed E-state index contributed by atoms with van der Waals surface area (Å²) >= 11 is 0. The monoisotopic (exact) mass is 1070 g/mol. The summed E-state index contributed by atoms with van der Waals surface area (Å²) in [4.78, 5) is 28.7. The van der Waals surface area contributed by atoms with Gasteiger partial charge in [-0.1, -0.05) is 24.3 Å². The van der Waals surface area contributed by atoms with Crippen molar-refractivity contribution in [2.24, 2.45) is 0 Å². The van der Waals surface area contributed by atoms with Gasteiger partial charge in [-0.05, 0) is 0 Å². The van der Waals surface area contributed by atoms with E-state index in [1.165, 1.54) is 0 Å². The van der Waals surface area contributed by atoms with E-state index >= 15 is 0 Å². The third-order valence-electron chi connectivity index (χ3n) is 15.0. The molecule has 8 nitrogen and oxygen atoms in total. The van der Waals surface area contributed by atoms with Crippen molar-refractivity contribution in [3.63, 3.8) is 0 Å². The van der Waals surface area contributed by atoms with Gasteiger partial charge in [-0.3, -0.25) is 0 Å². The number of hydrogen-bond donors (Lipinski definition) is 2. The molecule has 1 fully saturated rings. The first-order valence-corrected chi connectivity index (χ1v) is 29.4. The average Bonchev–Trinajstić information content (AvgIpc) is 3.38. The van der Waals surface area contributed by atoms with E-state index in [2.05, 4.69) is 90.1 Å². The van der Waals surface area contributed by atoms with Gasteiger partial charge in [0.05, 0.1) is 0 Å². The zero-order valence-corrected chi connectivity index (χ0v) is 47.0. The van der Waals surface area contributed by atoms with Gasteiger partial charge in [-0.25, -0.2) is 0 Å². The fourth-order valence-electron chi connectivity index (χ4n) is 11.2. The summed E-state index contributed by atoms with van der Waals surface area (Å²) in [5, 5.41) is 3.43. The van der Waals surface area contributed by atoms with Gasteiger partial charge in [-0.2, -0.15) is 0 Å². The molecular weight excluding hydrogens is 1010 g/mol. The van der Waals surface area contributed by atoms with Gasteiger partial charge in [0.2, 0.25) is 0 Å². The molecule has 1 aliphatic rings. The molecule has 0 radical (unpaired) electrons. The van der Waals surface area contributed by atoms with Crippen molar-refractivity contribution in [3.8, 4) is 34.1 Å². The SMILES string of the molecule is COc1cc(-c2cc(OC)cc(C(C)(C)C)c2OP(O)(O)(c2cccc3ccccc23)c2cccc3ccccc23)c(OP2OC(c3ccccc3)(c3ccccc3)C(c3ccccc3)(c3ccccc3)O2)c(C(C)(C)C)c1. The summed E-state index contributed by atoms with van der Waals surface area (Å²) in [5.41, 5.74) is 1.92. The van der Waals surface area contributed by atoms with Gasteiger partial charge in [0.1, 0.15) is 0 Å². The molecule has 78 heavy (non-hydrogen) atoms. The zero-order valence-electron chi connectivity index (χ0n) is 45.2. The van der Waals surface area contributed by atoms with Crippen molar-refractivity contribution in [2.45, 2.75) is 63.6 Å². The topological polar surface area (TPSA) is 95.8 Å². The van der Waals surface area contributed by atoms with E-state index in [1.54, 1.807) is 26.4 Å². The summed E-state index contributed by atoms with van der Waals surface area (Å²) < 4.78 is 43.2. The summed E-state index contributed by atoms with van der Waals surface area (Å²) in [7, 11) is -5.00. The number of fused-ring (bicyclic) bond motifs is 2. The minimum atomic E-state index is -5.89. The van der Waals surface area contributed by atoms with Gasteiger partial charge < -0.3 is 0 Å². The molecule has 10 heteroatoms. The van der Waals surface area contributed by atoms with Crippen LogP contribution in [-0.2, 0) is 31.1 Å². The molecule has 0 amide bonds. The predicted octanol–water partition coefficient (Wildman–Crippen LogP) is 16.1. The number of methoxy groups -OCH3 is 2. The second kappa shape index (κ2) is 20.1. The second-order valence-electron chi connectivity index (χ2n) is 22.0. The van der Waals surface area contributed by atoms with Gasteiger partial charge in [-0.15, -0.1) is 0 Å². The molecule has 0 aromatic heterocycles. The molecule has 0 spiro atoms. The molecular formula is C68H64O8P2. The molecule has 394 valence electrons. The van der Waals surface area contributed by atoms with Crippen LogP contribution in [0, 0.1) is 0 Å². The quantitative estimate of drug-likeness (QED) is 0.110. The van der Waals surface area contributed by atoms with Crippen LogP contribution in [0.15, 0.2) is 231 Å². The summed E-state index contributed by atoms with van der Waals surface area (Å²) in [6.45, 7) is 12.6. The van der Waals surface area contributed by atoms with Gasteiger partial charge in [0.25, 0.3) is 0 Å². The van der Waals surface area contributed by atoms with Gasteiger partial charge >= 0.3 is 437 Å². The van der Waals surface area contributed by atoms with Crippen molar-refractivity contribution in [1.82, 2.24) is 0 Å². The van der Waals surface area contributed by atoms with Crippen LogP contribution in [0.1, 0.15) is 74.9 Å². The minimum absolute atomic E-state index is 0.219. The standard InChI is InChI=1S/C68H64O8P2/c1-65(2,3)59-45-53(71-7)43-57(63(59)73-77-75-67(49-31-13-9-14-32-49,50-33-15-10-16-34-50)68(76-77,51-35-17-11-18-36-51)52-37-19-12-20-38-52)58-44-54(72-8)46-60(66(4,5)6)64(58)74-78(69,70,61-41-25-29-47-27-21-23-39-55(47)61)62-42-26-30-48-28-22-24-40-56(48)62/h9-46,69-70H,1-8H3. The predicted molar refractivity (Wildman–Crippen MR) is 319 cm³/mol. The average molecular weight is 1070 g/mol. The van der Waals surface area contributed by atoms with E-state index in [4.69, 9.17) is 27.6 Å². The van der Waals surface area contributed by atoms with Crippen molar-refractivity contribution in [1.29, 1.82) is 0 Å². The van der Waals surface area contributed by atoms with E-state index in [1.807, 2.05) is 170 Å². The Morgan fingerprint density at radius 3 is 1.12 bits per heavy atom. The molecule has 1 heterocycles.